The Bertz CT molecular complexity index is 1390. The number of rotatable bonds is 9. The van der Waals surface area contributed by atoms with Crippen LogP contribution in [0.25, 0.3) is 10.8 Å². The molecule has 186 valence electrons. The lowest BCUT2D eigenvalue weighted by Gasteiger charge is -2.18. The Balaban J connectivity index is 1.39. The zero-order chi connectivity index (χ0) is 25.7. The van der Waals surface area contributed by atoms with Crippen LogP contribution in [0.2, 0.25) is 0 Å². The summed E-state index contributed by atoms with van der Waals surface area (Å²) in [6.45, 7) is 7.41. The summed E-state index contributed by atoms with van der Waals surface area (Å²) >= 11 is 0. The van der Waals surface area contributed by atoms with Gasteiger partial charge in [-0.25, -0.2) is 4.98 Å². The van der Waals surface area contributed by atoms with Crippen LogP contribution < -0.4 is 22.5 Å². The van der Waals surface area contributed by atoms with E-state index in [1.807, 2.05) is 29.9 Å². The van der Waals surface area contributed by atoms with Crippen molar-refractivity contribution in [2.75, 3.05) is 5.73 Å². The molecular weight excluding hydrogens is 450 g/mol. The Kier molecular flexibility index (Phi) is 7.44. The van der Waals surface area contributed by atoms with Gasteiger partial charge in [-0.1, -0.05) is 24.3 Å². The average molecular weight is 484 g/mol. The summed E-state index contributed by atoms with van der Waals surface area (Å²) in [5.74, 6) is 1.48. The quantitative estimate of drug-likeness (QED) is 0.208. The van der Waals surface area contributed by atoms with Gasteiger partial charge in [0, 0.05) is 42.8 Å². The second-order valence-electron chi connectivity index (χ2n) is 8.82. The molecule has 8 nitrogen and oxygen atoms in total. The Morgan fingerprint density at radius 3 is 2.61 bits per heavy atom. The van der Waals surface area contributed by atoms with Gasteiger partial charge in [-0.05, 0) is 72.2 Å². The minimum atomic E-state index is -0.202. The zero-order valence-corrected chi connectivity index (χ0v) is 20.9. The maximum Gasteiger partial charge on any atom is 0.139 e. The Morgan fingerprint density at radius 1 is 1.14 bits per heavy atom. The summed E-state index contributed by atoms with van der Waals surface area (Å²) in [5.41, 5.74) is 23.8. The molecule has 0 amide bonds. The van der Waals surface area contributed by atoms with Crippen LogP contribution in [0.1, 0.15) is 40.8 Å². The van der Waals surface area contributed by atoms with Crippen LogP contribution in [0.4, 0.5) is 5.82 Å². The lowest BCUT2D eigenvalue weighted by molar-refractivity contribution is 0.142. The van der Waals surface area contributed by atoms with Crippen molar-refractivity contribution in [3.05, 3.63) is 113 Å². The first-order valence-electron chi connectivity index (χ1n) is 11.8. The Labute approximate surface area is 211 Å². The molecule has 4 aromatic rings. The highest BCUT2D eigenvalue weighted by Crippen LogP contribution is 2.28. The van der Waals surface area contributed by atoms with E-state index in [2.05, 4.69) is 59.6 Å². The normalized spacial score (nSPS) is 13.1. The van der Waals surface area contributed by atoms with Gasteiger partial charge in [0.1, 0.15) is 23.5 Å². The standard InChI is InChI=1S/C28H33N7O/c1-18-13-25-24(9-11-32-28(25)31)19(2)26(18)16-33-27(30)14-23(15-29)36-20(3)22-7-5-21(6-8-22)17-35-12-4-10-34-35/h4-15,20,33H,16-17,29-30H2,1-3H3,(H2,31,32)/b23-15+,27-14+. The molecule has 7 N–H and O–H groups in total. The topological polar surface area (TPSA) is 130 Å². The number of fused-ring (bicyclic) bond motifs is 1. The molecule has 0 saturated carbocycles. The number of aromatic nitrogens is 3. The van der Waals surface area contributed by atoms with Gasteiger partial charge in [-0.15, -0.1) is 0 Å². The van der Waals surface area contributed by atoms with E-state index in [9.17, 15) is 0 Å². The van der Waals surface area contributed by atoms with E-state index in [0.717, 1.165) is 45.1 Å². The number of hydrogen-bond donors (Lipinski definition) is 4. The number of ether oxygens (including phenoxy) is 1. The highest BCUT2D eigenvalue weighted by atomic mass is 16.5. The van der Waals surface area contributed by atoms with E-state index >= 15 is 0 Å². The number of aryl methyl sites for hydroxylation is 2. The number of allylic oxidation sites excluding steroid dienone is 1. The van der Waals surface area contributed by atoms with Gasteiger partial charge in [0.2, 0.25) is 0 Å². The molecule has 1 unspecified atom stereocenters. The zero-order valence-electron chi connectivity index (χ0n) is 20.9. The van der Waals surface area contributed by atoms with Crippen molar-refractivity contribution in [2.45, 2.75) is 40.0 Å². The number of nitrogens with one attached hydrogen (secondary N) is 1. The molecule has 4 rings (SSSR count). The van der Waals surface area contributed by atoms with E-state index in [4.69, 9.17) is 21.9 Å². The highest BCUT2D eigenvalue weighted by Gasteiger charge is 2.11. The first-order valence-corrected chi connectivity index (χ1v) is 11.8. The Hall–Kier alpha value is -4.46. The molecule has 0 radical (unpaired) electrons. The van der Waals surface area contributed by atoms with Crippen LogP contribution >= 0.6 is 0 Å². The average Bonchev–Trinajstić information content (AvgIpc) is 3.37. The summed E-state index contributed by atoms with van der Waals surface area (Å²) in [6.07, 6.45) is 8.37. The molecular formula is C28H33N7O. The molecule has 2 aromatic carbocycles. The predicted octanol–water partition coefficient (Wildman–Crippen LogP) is 4.15. The van der Waals surface area contributed by atoms with Gasteiger partial charge in [0.25, 0.3) is 0 Å². The summed E-state index contributed by atoms with van der Waals surface area (Å²) in [6, 6.07) is 14.2. The molecule has 8 heteroatoms. The van der Waals surface area contributed by atoms with Crippen molar-refractivity contribution in [3.8, 4) is 0 Å². The molecule has 36 heavy (non-hydrogen) atoms. The van der Waals surface area contributed by atoms with E-state index in [0.29, 0.717) is 23.9 Å². The summed E-state index contributed by atoms with van der Waals surface area (Å²) < 4.78 is 7.96. The number of benzene rings is 2. The van der Waals surface area contributed by atoms with E-state index in [1.165, 1.54) is 6.20 Å². The maximum atomic E-state index is 6.27. The van der Waals surface area contributed by atoms with Crippen LogP contribution in [0.15, 0.2) is 84.9 Å². The number of hydrogen-bond acceptors (Lipinski definition) is 7. The minimum Gasteiger partial charge on any atom is -0.484 e. The fourth-order valence-corrected chi connectivity index (χ4v) is 4.27. The number of nitrogen functional groups attached to an aromatic ring is 1. The summed E-state index contributed by atoms with van der Waals surface area (Å²) in [4.78, 5) is 4.20. The van der Waals surface area contributed by atoms with Crippen LogP contribution in [0.3, 0.4) is 0 Å². The minimum absolute atomic E-state index is 0.202. The van der Waals surface area contributed by atoms with E-state index in [-0.39, 0.29) is 6.10 Å². The lowest BCUT2D eigenvalue weighted by Crippen LogP contribution is -2.21. The third kappa shape index (κ3) is 5.60. The molecule has 0 aliphatic rings. The molecule has 0 bridgehead atoms. The highest BCUT2D eigenvalue weighted by molar-refractivity contribution is 5.94. The van der Waals surface area contributed by atoms with Gasteiger partial charge in [0.15, 0.2) is 0 Å². The van der Waals surface area contributed by atoms with E-state index < -0.39 is 0 Å². The van der Waals surface area contributed by atoms with Crippen LogP contribution in [-0.2, 0) is 17.8 Å². The summed E-state index contributed by atoms with van der Waals surface area (Å²) in [7, 11) is 0. The molecule has 0 aliphatic heterocycles. The molecule has 0 spiro atoms. The summed E-state index contributed by atoms with van der Waals surface area (Å²) in [5, 5.41) is 9.57. The van der Waals surface area contributed by atoms with E-state index in [1.54, 1.807) is 18.5 Å². The van der Waals surface area contributed by atoms with Gasteiger partial charge in [-0.3, -0.25) is 4.68 Å². The van der Waals surface area contributed by atoms with Crippen LogP contribution in [-0.4, -0.2) is 14.8 Å². The number of anilines is 1. The van der Waals surface area contributed by atoms with Gasteiger partial charge < -0.3 is 27.3 Å². The van der Waals surface area contributed by atoms with Crippen molar-refractivity contribution in [2.24, 2.45) is 11.5 Å². The monoisotopic (exact) mass is 483 g/mol. The third-order valence-corrected chi connectivity index (χ3v) is 6.31. The fourth-order valence-electron chi connectivity index (χ4n) is 4.27. The second-order valence-corrected chi connectivity index (χ2v) is 8.82. The van der Waals surface area contributed by atoms with Crippen molar-refractivity contribution >= 4 is 16.6 Å². The van der Waals surface area contributed by atoms with Crippen LogP contribution in [0, 0.1) is 13.8 Å². The number of nitrogens with two attached hydrogens (primary N) is 3. The van der Waals surface area contributed by atoms with Crippen LogP contribution in [0.5, 0.6) is 0 Å². The molecule has 0 saturated heterocycles. The van der Waals surface area contributed by atoms with Crippen molar-refractivity contribution < 1.29 is 4.74 Å². The van der Waals surface area contributed by atoms with Crippen molar-refractivity contribution in [1.82, 2.24) is 20.1 Å². The SMILES string of the molecule is Cc1cc2c(N)nccc2c(C)c1CN/C(N)=C/C(=C\N)OC(C)c1ccc(Cn2cccn2)cc1. The van der Waals surface area contributed by atoms with Gasteiger partial charge in [0.05, 0.1) is 6.54 Å². The third-order valence-electron chi connectivity index (χ3n) is 6.31. The van der Waals surface area contributed by atoms with Crippen molar-refractivity contribution in [1.29, 1.82) is 0 Å². The first kappa shape index (κ1) is 24.7. The number of pyridine rings is 1. The fraction of sp³-hybridized carbons (Fsp3) is 0.214. The molecule has 2 aromatic heterocycles. The van der Waals surface area contributed by atoms with Gasteiger partial charge >= 0.3 is 0 Å². The van der Waals surface area contributed by atoms with Crippen molar-refractivity contribution in [3.63, 3.8) is 0 Å². The smallest absolute Gasteiger partial charge is 0.139 e. The van der Waals surface area contributed by atoms with Gasteiger partial charge in [-0.2, -0.15) is 5.10 Å². The number of nitrogens with zero attached hydrogens (tertiary/aromatic N) is 3. The Morgan fingerprint density at radius 2 is 1.92 bits per heavy atom. The molecule has 1 atom stereocenters. The second kappa shape index (κ2) is 10.9. The molecule has 0 fully saturated rings. The predicted molar refractivity (Wildman–Crippen MR) is 144 cm³/mol. The maximum absolute atomic E-state index is 6.27. The molecule has 0 aliphatic carbocycles. The molecule has 2 heterocycles. The largest absolute Gasteiger partial charge is 0.484 e. The lowest BCUT2D eigenvalue weighted by atomic mass is 9.96. The first-order chi connectivity index (χ1) is 17.4.